The number of hydrogen-bond donors (Lipinski definition) is 0. The Kier molecular flexibility index (Phi) is 1.59. The molecule has 0 saturated carbocycles. The molecule has 0 aliphatic rings. The Morgan fingerprint density at radius 1 is 1.46 bits per heavy atom. The number of rotatable bonds is 1. The normalized spacial score (nSPS) is 12.1. The first-order chi connectivity index (χ1) is 6.07. The third-order valence-electron chi connectivity index (χ3n) is 1.60. The molecular formula is C7H7N3O2S. The van der Waals surface area contributed by atoms with Gasteiger partial charge < -0.3 is 0 Å². The van der Waals surface area contributed by atoms with Gasteiger partial charge in [0.2, 0.25) is 0 Å². The largest absolute Gasteiger partial charge is 0.250 e. The molecule has 13 heavy (non-hydrogen) atoms. The van der Waals surface area contributed by atoms with E-state index in [-0.39, 0.29) is 0 Å². The summed E-state index contributed by atoms with van der Waals surface area (Å²) in [5.41, 5.74) is 0.438. The summed E-state index contributed by atoms with van der Waals surface area (Å²) in [6.07, 6.45) is 4.11. The van der Waals surface area contributed by atoms with Crippen molar-refractivity contribution in [2.24, 2.45) is 0 Å². The van der Waals surface area contributed by atoms with Gasteiger partial charge in [-0.3, -0.25) is 0 Å². The maximum atomic E-state index is 11.1. The van der Waals surface area contributed by atoms with Gasteiger partial charge >= 0.3 is 0 Å². The third-order valence-corrected chi connectivity index (χ3v) is 2.47. The highest BCUT2D eigenvalue weighted by Gasteiger charge is 2.08. The van der Waals surface area contributed by atoms with E-state index in [2.05, 4.69) is 10.1 Å². The van der Waals surface area contributed by atoms with Crippen LogP contribution in [0.4, 0.5) is 0 Å². The van der Waals surface area contributed by atoms with Gasteiger partial charge in [-0.2, -0.15) is 4.09 Å². The maximum absolute atomic E-state index is 11.1. The monoisotopic (exact) mass is 197 g/mol. The molecule has 2 heterocycles. The van der Waals surface area contributed by atoms with Crippen LogP contribution in [0, 0.1) is 0 Å². The number of hydrogen-bond acceptors (Lipinski definition) is 4. The van der Waals surface area contributed by atoms with Crippen molar-refractivity contribution in [2.75, 3.05) is 6.26 Å². The van der Waals surface area contributed by atoms with Gasteiger partial charge in [-0.25, -0.2) is 13.4 Å². The fourth-order valence-electron chi connectivity index (χ4n) is 1.00. The molecule has 0 atom stereocenters. The molecule has 0 spiro atoms. The Bertz CT molecular complexity index is 511. The molecule has 68 valence electrons. The molecular weight excluding hydrogens is 190 g/mol. The zero-order valence-corrected chi connectivity index (χ0v) is 7.69. The molecule has 6 heteroatoms. The second-order valence-electron chi connectivity index (χ2n) is 2.68. The van der Waals surface area contributed by atoms with E-state index < -0.39 is 10.0 Å². The molecule has 0 aromatic carbocycles. The van der Waals surface area contributed by atoms with Crippen molar-refractivity contribution < 1.29 is 8.42 Å². The molecule has 0 aliphatic heterocycles. The number of pyridine rings is 1. The van der Waals surface area contributed by atoms with Crippen LogP contribution in [-0.4, -0.2) is 28.8 Å². The van der Waals surface area contributed by atoms with Crippen LogP contribution in [0.1, 0.15) is 0 Å². The molecule has 0 unspecified atom stereocenters. The summed E-state index contributed by atoms with van der Waals surface area (Å²) in [6.45, 7) is 0. The molecule has 2 aromatic heterocycles. The third kappa shape index (κ3) is 1.40. The summed E-state index contributed by atoms with van der Waals surface area (Å²) in [7, 11) is -3.30. The van der Waals surface area contributed by atoms with Crippen molar-refractivity contribution in [3.8, 4) is 0 Å². The highest BCUT2D eigenvalue weighted by Crippen LogP contribution is 2.08. The van der Waals surface area contributed by atoms with Crippen LogP contribution in [0.25, 0.3) is 11.0 Å². The smallest absolute Gasteiger partial charge is 0.235 e. The summed E-state index contributed by atoms with van der Waals surface area (Å²) < 4.78 is 23.1. The molecule has 0 radical (unpaired) electrons. The van der Waals surface area contributed by atoms with Gasteiger partial charge in [0.05, 0.1) is 12.5 Å². The van der Waals surface area contributed by atoms with E-state index in [0.717, 1.165) is 10.3 Å². The average Bonchev–Trinajstić information content (AvgIpc) is 2.45. The van der Waals surface area contributed by atoms with Crippen LogP contribution in [0.3, 0.4) is 0 Å². The zero-order chi connectivity index (χ0) is 9.47. The lowest BCUT2D eigenvalue weighted by atomic mass is 10.4. The fraction of sp³-hybridized carbons (Fsp3) is 0.143. The maximum Gasteiger partial charge on any atom is 0.250 e. The summed E-state index contributed by atoms with van der Waals surface area (Å²) in [6, 6.07) is 3.49. The second-order valence-corrected chi connectivity index (χ2v) is 4.52. The quantitative estimate of drug-likeness (QED) is 0.656. The van der Waals surface area contributed by atoms with Crippen LogP contribution >= 0.6 is 0 Å². The molecule has 0 bridgehead atoms. The molecule has 0 amide bonds. The first-order valence-electron chi connectivity index (χ1n) is 3.58. The van der Waals surface area contributed by atoms with Gasteiger partial charge in [0.25, 0.3) is 10.0 Å². The van der Waals surface area contributed by atoms with Crippen LogP contribution in [0.15, 0.2) is 24.5 Å². The Labute approximate surface area is 75.1 Å². The van der Waals surface area contributed by atoms with Crippen molar-refractivity contribution in [2.45, 2.75) is 0 Å². The predicted octanol–water partition coefficient (Wildman–Crippen LogP) is 0.239. The summed E-state index contributed by atoms with van der Waals surface area (Å²) >= 11 is 0. The minimum absolute atomic E-state index is 0.438. The highest BCUT2D eigenvalue weighted by molar-refractivity contribution is 7.89. The molecule has 0 N–H and O–H groups in total. The van der Waals surface area contributed by atoms with Crippen molar-refractivity contribution in [1.29, 1.82) is 0 Å². The van der Waals surface area contributed by atoms with E-state index in [4.69, 9.17) is 0 Å². The van der Waals surface area contributed by atoms with Crippen molar-refractivity contribution in [3.05, 3.63) is 24.5 Å². The number of nitrogens with zero attached hydrogens (tertiary/aromatic N) is 3. The molecule has 2 aromatic rings. The van der Waals surface area contributed by atoms with Crippen LogP contribution in [0.5, 0.6) is 0 Å². The Balaban J connectivity index is 2.77. The Morgan fingerprint density at radius 2 is 2.23 bits per heavy atom. The first kappa shape index (κ1) is 8.18. The van der Waals surface area contributed by atoms with Gasteiger partial charge in [-0.15, -0.1) is 5.10 Å². The number of fused-ring (bicyclic) bond motifs is 1. The minimum Gasteiger partial charge on any atom is -0.235 e. The minimum atomic E-state index is -3.30. The molecule has 0 aliphatic carbocycles. The van der Waals surface area contributed by atoms with E-state index in [1.807, 2.05) is 0 Å². The SMILES string of the molecule is CS(=O)(=O)n1cc2cccnc2n1. The Hall–Kier alpha value is -1.43. The predicted molar refractivity (Wildman–Crippen MR) is 47.8 cm³/mol. The van der Waals surface area contributed by atoms with Gasteiger partial charge in [0.1, 0.15) is 0 Å². The fourth-order valence-corrected chi connectivity index (χ4v) is 1.54. The summed E-state index contributed by atoms with van der Waals surface area (Å²) in [5.74, 6) is 0. The van der Waals surface area contributed by atoms with E-state index in [0.29, 0.717) is 11.0 Å². The van der Waals surface area contributed by atoms with Crippen LogP contribution in [-0.2, 0) is 10.0 Å². The Morgan fingerprint density at radius 3 is 2.85 bits per heavy atom. The van der Waals surface area contributed by atoms with Crippen LogP contribution < -0.4 is 0 Å². The van der Waals surface area contributed by atoms with Gasteiger partial charge in [-0.1, -0.05) is 0 Å². The van der Waals surface area contributed by atoms with E-state index in [1.54, 1.807) is 18.3 Å². The highest BCUT2D eigenvalue weighted by atomic mass is 32.2. The van der Waals surface area contributed by atoms with Crippen LogP contribution in [0.2, 0.25) is 0 Å². The molecule has 0 fully saturated rings. The van der Waals surface area contributed by atoms with Gasteiger partial charge in [-0.05, 0) is 12.1 Å². The second kappa shape index (κ2) is 2.53. The lowest BCUT2D eigenvalue weighted by molar-refractivity contribution is 0.587. The van der Waals surface area contributed by atoms with E-state index in [9.17, 15) is 8.42 Å². The standard InChI is InChI=1S/C7H7N3O2S/c1-13(11,12)10-5-6-3-2-4-8-7(6)9-10/h2-5H,1H3. The lowest BCUT2D eigenvalue weighted by Crippen LogP contribution is -2.09. The number of aromatic nitrogens is 3. The molecule has 2 rings (SSSR count). The molecule has 0 saturated heterocycles. The van der Waals surface area contributed by atoms with E-state index in [1.165, 1.54) is 6.20 Å². The van der Waals surface area contributed by atoms with E-state index >= 15 is 0 Å². The summed E-state index contributed by atoms with van der Waals surface area (Å²) in [5, 5.41) is 4.52. The first-order valence-corrected chi connectivity index (χ1v) is 5.43. The van der Waals surface area contributed by atoms with Gasteiger partial charge in [0.15, 0.2) is 5.65 Å². The average molecular weight is 197 g/mol. The molecule has 5 nitrogen and oxygen atoms in total. The van der Waals surface area contributed by atoms with Crippen molar-refractivity contribution >= 4 is 21.1 Å². The van der Waals surface area contributed by atoms with Crippen molar-refractivity contribution in [3.63, 3.8) is 0 Å². The topological polar surface area (TPSA) is 64.8 Å². The van der Waals surface area contributed by atoms with Crippen molar-refractivity contribution in [1.82, 2.24) is 14.2 Å². The summed E-state index contributed by atoms with van der Waals surface area (Å²) in [4.78, 5) is 3.92. The lowest BCUT2D eigenvalue weighted by Gasteiger charge is -1.92. The van der Waals surface area contributed by atoms with Gasteiger partial charge in [0, 0.05) is 11.6 Å². The zero-order valence-electron chi connectivity index (χ0n) is 6.88.